The Kier molecular flexibility index (Phi) is 13.2. The molecule has 0 bridgehead atoms. The molecule has 0 saturated carbocycles. The Morgan fingerprint density at radius 2 is 1.02 bits per heavy atom. The lowest BCUT2D eigenvalue weighted by Gasteiger charge is -2.45. The molecule has 240 valence electrons. The van der Waals surface area contributed by atoms with Crippen LogP contribution >= 0.6 is 11.8 Å². The van der Waals surface area contributed by atoms with Crippen molar-refractivity contribution in [1.82, 2.24) is 0 Å². The van der Waals surface area contributed by atoms with Gasteiger partial charge in [0.15, 0.2) is 36.6 Å². The first kappa shape index (κ1) is 35.3. The molecule has 0 aromatic carbocycles. The monoisotopic (exact) mass is 634 g/mol. The van der Waals surface area contributed by atoms with E-state index in [1.807, 2.05) is 0 Å². The van der Waals surface area contributed by atoms with E-state index in [-0.39, 0.29) is 11.5 Å². The maximum atomic E-state index is 12.1. The van der Waals surface area contributed by atoms with Crippen LogP contribution in [-0.2, 0) is 76.2 Å². The first-order valence-electron chi connectivity index (χ1n) is 12.9. The number of esters is 7. The average molecular weight is 635 g/mol. The number of hydrogen-bond donors (Lipinski definition) is 0. The van der Waals surface area contributed by atoms with Gasteiger partial charge in [-0.2, -0.15) is 0 Å². The van der Waals surface area contributed by atoms with Gasteiger partial charge in [0.25, 0.3) is 0 Å². The minimum Gasteiger partial charge on any atom is -0.489 e. The number of ether oxygens (including phenoxy) is 9. The van der Waals surface area contributed by atoms with Crippen LogP contribution in [0.25, 0.3) is 0 Å². The zero-order valence-electron chi connectivity index (χ0n) is 24.6. The van der Waals surface area contributed by atoms with E-state index in [1.54, 1.807) is 0 Å². The third-order valence-electron chi connectivity index (χ3n) is 5.55. The van der Waals surface area contributed by atoms with Crippen LogP contribution in [-0.4, -0.2) is 103 Å². The summed E-state index contributed by atoms with van der Waals surface area (Å²) in [5.41, 5.74) is -1.29. The highest BCUT2D eigenvalue weighted by Crippen LogP contribution is 2.41. The van der Waals surface area contributed by atoms with Crippen molar-refractivity contribution in [2.45, 2.75) is 96.6 Å². The second-order valence-corrected chi connectivity index (χ2v) is 10.5. The van der Waals surface area contributed by atoms with Crippen LogP contribution in [0.3, 0.4) is 0 Å². The summed E-state index contributed by atoms with van der Waals surface area (Å²) in [5, 5.41) is 0. The predicted octanol–water partition coefficient (Wildman–Crippen LogP) is 0.469. The van der Waals surface area contributed by atoms with Crippen LogP contribution < -0.4 is 0 Å². The Hall–Kier alpha value is -3.86. The molecule has 8 atom stereocenters. The van der Waals surface area contributed by atoms with Crippen molar-refractivity contribution in [3.8, 4) is 0 Å². The molecule has 0 aliphatic carbocycles. The molecule has 0 aromatic heterocycles. The van der Waals surface area contributed by atoms with Gasteiger partial charge < -0.3 is 42.6 Å². The maximum absolute atomic E-state index is 12.1. The standard InChI is InChI=1S/C26H34O16S/c1-11(27)34-8-18-21(37-13(3)29)23(39-15(5)31)20(10-36-18)43-26-25(41-17(7)33)24(40-16(6)32)22(38-14(4)30)19(42-26)9-35-12(2)28/h10,18-19,21-26H,8-9H2,1-7H3/t18-,19-,21-,22+,23-,24+,25-,26+/m1/s1. The van der Waals surface area contributed by atoms with Crippen molar-refractivity contribution in [3.63, 3.8) is 0 Å². The zero-order valence-corrected chi connectivity index (χ0v) is 25.4. The average Bonchev–Trinajstić information content (AvgIpc) is 2.86. The van der Waals surface area contributed by atoms with Crippen LogP contribution in [0.1, 0.15) is 48.5 Å². The van der Waals surface area contributed by atoms with Crippen molar-refractivity contribution in [1.29, 1.82) is 0 Å². The minimum absolute atomic E-state index is 0.0847. The van der Waals surface area contributed by atoms with E-state index in [4.69, 9.17) is 42.6 Å². The van der Waals surface area contributed by atoms with Gasteiger partial charge in [-0.05, 0) is 0 Å². The first-order valence-corrected chi connectivity index (χ1v) is 13.8. The molecular formula is C26H34O16S. The van der Waals surface area contributed by atoms with E-state index in [0.717, 1.165) is 66.5 Å². The lowest BCUT2D eigenvalue weighted by Crippen LogP contribution is -2.61. The van der Waals surface area contributed by atoms with E-state index in [2.05, 4.69) is 0 Å². The van der Waals surface area contributed by atoms with Crippen LogP contribution in [0, 0.1) is 0 Å². The fourth-order valence-corrected chi connectivity index (χ4v) is 5.37. The minimum atomic E-state index is -1.45. The van der Waals surface area contributed by atoms with Crippen LogP contribution in [0.2, 0.25) is 0 Å². The summed E-state index contributed by atoms with van der Waals surface area (Å²) in [6.45, 7) is 6.94. The Morgan fingerprint density at radius 3 is 1.51 bits per heavy atom. The Labute approximate surface area is 250 Å². The van der Waals surface area contributed by atoms with Crippen LogP contribution in [0.4, 0.5) is 0 Å². The van der Waals surface area contributed by atoms with Gasteiger partial charge in [0.05, 0.1) is 11.2 Å². The lowest BCUT2D eigenvalue weighted by atomic mass is 9.99. The van der Waals surface area contributed by atoms with E-state index in [9.17, 15) is 33.6 Å². The van der Waals surface area contributed by atoms with Gasteiger partial charge >= 0.3 is 41.8 Å². The quantitative estimate of drug-likeness (QED) is 0.224. The van der Waals surface area contributed by atoms with Crippen molar-refractivity contribution in [3.05, 3.63) is 11.2 Å². The molecule has 2 aliphatic rings. The summed E-state index contributed by atoms with van der Waals surface area (Å²) in [5.74, 6) is -5.32. The van der Waals surface area contributed by atoms with Gasteiger partial charge in [0.1, 0.15) is 24.8 Å². The fourth-order valence-electron chi connectivity index (χ4n) is 4.14. The third-order valence-corrected chi connectivity index (χ3v) is 6.76. The third kappa shape index (κ3) is 11.1. The summed E-state index contributed by atoms with van der Waals surface area (Å²) in [6.07, 6.45) is -8.07. The van der Waals surface area contributed by atoms with Crippen molar-refractivity contribution in [2.75, 3.05) is 13.2 Å². The van der Waals surface area contributed by atoms with Gasteiger partial charge in [0.2, 0.25) is 0 Å². The summed E-state index contributed by atoms with van der Waals surface area (Å²) < 4.78 is 48.9. The topological polar surface area (TPSA) is 203 Å². The highest BCUT2D eigenvalue weighted by Gasteiger charge is 2.54. The molecule has 16 nitrogen and oxygen atoms in total. The first-order chi connectivity index (χ1) is 20.1. The Bertz CT molecular complexity index is 1120. The molecule has 2 heterocycles. The SMILES string of the molecule is CC(=O)OC[C@H]1O[C@@H](SC2=CO[C@H](COC(C)=O)[C@@H](OC(C)=O)[C@@H]2OC(C)=O)[C@H](OC(C)=O)[C@@H](OC(C)=O)[C@H]1OC(C)=O. The molecule has 1 saturated heterocycles. The fraction of sp³-hybridized carbons (Fsp3) is 0.654. The molecule has 0 amide bonds. The second-order valence-electron chi connectivity index (χ2n) is 9.29. The Balaban J connectivity index is 2.58. The number of carbonyl (C=O) groups is 7. The van der Waals surface area contributed by atoms with E-state index >= 15 is 0 Å². The maximum Gasteiger partial charge on any atom is 0.303 e. The van der Waals surface area contributed by atoms with E-state index in [1.165, 1.54) is 0 Å². The van der Waals surface area contributed by atoms with Crippen LogP contribution in [0.5, 0.6) is 0 Å². The molecule has 43 heavy (non-hydrogen) atoms. The number of thioether (sulfide) groups is 1. The van der Waals surface area contributed by atoms with E-state index < -0.39 is 96.6 Å². The second kappa shape index (κ2) is 16.1. The number of hydrogen-bond acceptors (Lipinski definition) is 17. The summed E-state index contributed by atoms with van der Waals surface area (Å²) in [6, 6.07) is 0. The van der Waals surface area contributed by atoms with Crippen molar-refractivity contribution < 1.29 is 76.2 Å². The summed E-state index contributed by atoms with van der Waals surface area (Å²) in [7, 11) is 0. The van der Waals surface area contributed by atoms with Gasteiger partial charge in [-0.25, -0.2) is 0 Å². The molecule has 2 rings (SSSR count). The number of rotatable bonds is 11. The molecule has 0 aromatic rings. The van der Waals surface area contributed by atoms with Crippen molar-refractivity contribution in [2.24, 2.45) is 0 Å². The largest absolute Gasteiger partial charge is 0.489 e. The Morgan fingerprint density at radius 1 is 0.581 bits per heavy atom. The van der Waals surface area contributed by atoms with Gasteiger partial charge in [-0.1, -0.05) is 11.8 Å². The molecule has 0 radical (unpaired) electrons. The predicted molar refractivity (Wildman–Crippen MR) is 140 cm³/mol. The van der Waals surface area contributed by atoms with Gasteiger partial charge in [0, 0.05) is 48.5 Å². The normalized spacial score (nSPS) is 28.1. The molecule has 17 heteroatoms. The molecule has 2 aliphatic heterocycles. The molecule has 0 N–H and O–H groups in total. The molecule has 0 unspecified atom stereocenters. The van der Waals surface area contributed by atoms with Crippen molar-refractivity contribution >= 4 is 53.5 Å². The van der Waals surface area contributed by atoms with Gasteiger partial charge in [-0.15, -0.1) is 0 Å². The smallest absolute Gasteiger partial charge is 0.303 e. The zero-order chi connectivity index (χ0) is 32.4. The van der Waals surface area contributed by atoms with E-state index in [0.29, 0.717) is 0 Å². The van der Waals surface area contributed by atoms with Gasteiger partial charge in [-0.3, -0.25) is 33.6 Å². The lowest BCUT2D eigenvalue weighted by molar-refractivity contribution is -0.237. The highest BCUT2D eigenvalue weighted by molar-refractivity contribution is 8.03. The number of carbonyl (C=O) groups excluding carboxylic acids is 7. The highest BCUT2D eigenvalue weighted by atomic mass is 32.2. The molecular weight excluding hydrogens is 600 g/mol. The molecule has 1 fully saturated rings. The molecule has 0 spiro atoms. The summed E-state index contributed by atoms with van der Waals surface area (Å²) in [4.78, 5) is 83.4. The van der Waals surface area contributed by atoms with Crippen LogP contribution in [0.15, 0.2) is 11.2 Å². The summed E-state index contributed by atoms with van der Waals surface area (Å²) >= 11 is 0.777.